The zero-order valence-electron chi connectivity index (χ0n) is 17.8. The van der Waals surface area contributed by atoms with Gasteiger partial charge in [-0.3, -0.25) is 4.68 Å². The Morgan fingerprint density at radius 2 is 1.46 bits per heavy atom. The van der Waals surface area contributed by atoms with E-state index in [0.717, 1.165) is 22.8 Å². The van der Waals surface area contributed by atoms with Crippen molar-refractivity contribution in [3.05, 3.63) is 96.3 Å². The Bertz CT molecular complexity index is 1450. The Morgan fingerprint density at radius 1 is 0.800 bits per heavy atom. The molecule has 0 saturated carbocycles. The van der Waals surface area contributed by atoms with Gasteiger partial charge in [0.15, 0.2) is 17.5 Å². The van der Waals surface area contributed by atoms with Crippen LogP contribution in [-0.4, -0.2) is 26.1 Å². The molecule has 2 heterocycles. The molecule has 0 aromatic heterocycles. The maximum Gasteiger partial charge on any atom is 0.573 e. The lowest BCUT2D eigenvalue weighted by atomic mass is 10.0. The fourth-order valence-corrected chi connectivity index (χ4v) is 3.58. The molecule has 3 aromatic carbocycles. The number of alkyl halides is 3. The van der Waals surface area contributed by atoms with E-state index in [1.54, 1.807) is 23.0 Å². The molecule has 0 atom stereocenters. The predicted octanol–water partition coefficient (Wildman–Crippen LogP) is 6.34. The van der Waals surface area contributed by atoms with Gasteiger partial charge < -0.3 is 4.74 Å². The van der Waals surface area contributed by atoms with E-state index in [1.165, 1.54) is 30.5 Å². The summed E-state index contributed by atoms with van der Waals surface area (Å²) in [4.78, 5) is 8.55. The monoisotopic (exact) mass is 482 g/mol. The quantitative estimate of drug-likeness (QED) is 0.275. The third-order valence-electron chi connectivity index (χ3n) is 5.23. The topological polar surface area (TPSA) is 52.8 Å². The highest BCUT2D eigenvalue weighted by Crippen LogP contribution is 2.28. The van der Waals surface area contributed by atoms with Crippen LogP contribution in [0.1, 0.15) is 5.56 Å². The molecular formula is C25H15F5N4O. The first-order valence-corrected chi connectivity index (χ1v) is 10.3. The minimum atomic E-state index is -4.73. The largest absolute Gasteiger partial charge is 0.573 e. The molecular weight excluding hydrogens is 467 g/mol. The Kier molecular flexibility index (Phi) is 5.64. The Morgan fingerprint density at radius 3 is 2.14 bits per heavy atom. The van der Waals surface area contributed by atoms with Crippen LogP contribution in [0.25, 0.3) is 33.9 Å². The highest BCUT2D eigenvalue weighted by atomic mass is 19.4. The van der Waals surface area contributed by atoms with Crippen LogP contribution in [0.2, 0.25) is 0 Å². The zero-order chi connectivity index (χ0) is 24.6. The molecule has 0 saturated heterocycles. The van der Waals surface area contributed by atoms with Crippen LogP contribution in [0.3, 0.4) is 0 Å². The number of rotatable bonds is 5. The average molecular weight is 482 g/mol. The van der Waals surface area contributed by atoms with Crippen LogP contribution in [0.15, 0.2) is 79.1 Å². The van der Waals surface area contributed by atoms with E-state index in [4.69, 9.17) is 0 Å². The van der Waals surface area contributed by atoms with Crippen molar-refractivity contribution in [1.29, 1.82) is 0 Å². The fraction of sp³-hybridized carbons (Fsp3) is 0.0800. The molecule has 176 valence electrons. The molecule has 0 N–H and O–H groups in total. The molecule has 2 aliphatic heterocycles. The van der Waals surface area contributed by atoms with Gasteiger partial charge in [0.05, 0.1) is 24.5 Å². The minimum absolute atomic E-state index is 0.0265. The molecule has 3 aromatic rings. The van der Waals surface area contributed by atoms with Gasteiger partial charge in [-0.15, -0.1) is 13.2 Å². The number of imidazole rings is 1. The molecule has 0 unspecified atom stereocenters. The van der Waals surface area contributed by atoms with Gasteiger partial charge in [0.1, 0.15) is 17.1 Å². The van der Waals surface area contributed by atoms with Crippen LogP contribution in [0.4, 0.5) is 22.0 Å². The SMILES string of the molecule is Fc1cccc(-c2nc3cnn(Cc4ccc(-c5ccc(OC(F)(F)F)cc5)cc4)cc-3n2)c1F. The van der Waals surface area contributed by atoms with E-state index >= 15 is 0 Å². The number of halogens is 5. The van der Waals surface area contributed by atoms with Crippen molar-refractivity contribution in [3.63, 3.8) is 0 Å². The summed E-state index contributed by atoms with van der Waals surface area (Å²) in [6.45, 7) is 0.408. The van der Waals surface area contributed by atoms with Crippen molar-refractivity contribution in [2.24, 2.45) is 0 Å². The van der Waals surface area contributed by atoms with Crippen molar-refractivity contribution in [2.75, 3.05) is 0 Å². The summed E-state index contributed by atoms with van der Waals surface area (Å²) in [5, 5.41) is 4.31. The van der Waals surface area contributed by atoms with Gasteiger partial charge in [-0.1, -0.05) is 42.5 Å². The molecule has 0 aliphatic carbocycles. The first kappa shape index (κ1) is 22.5. The molecule has 0 spiro atoms. The lowest BCUT2D eigenvalue weighted by Gasteiger charge is -2.10. The minimum Gasteiger partial charge on any atom is -0.406 e. The summed E-state index contributed by atoms with van der Waals surface area (Å²) in [5.74, 6) is -2.19. The highest BCUT2D eigenvalue weighted by Gasteiger charge is 2.31. The maximum absolute atomic E-state index is 14.1. The molecule has 0 bridgehead atoms. The lowest BCUT2D eigenvalue weighted by Crippen LogP contribution is -2.16. The van der Waals surface area contributed by atoms with Gasteiger partial charge in [0, 0.05) is 0 Å². The van der Waals surface area contributed by atoms with E-state index in [0.29, 0.717) is 17.9 Å². The second-order valence-electron chi connectivity index (χ2n) is 7.66. The number of hydrogen-bond acceptors (Lipinski definition) is 4. The number of hydrogen-bond donors (Lipinski definition) is 0. The predicted molar refractivity (Wildman–Crippen MR) is 117 cm³/mol. The summed E-state index contributed by atoms with van der Waals surface area (Å²) < 4.78 is 70.1. The highest BCUT2D eigenvalue weighted by molar-refractivity contribution is 5.66. The van der Waals surface area contributed by atoms with E-state index in [1.807, 2.05) is 24.3 Å². The summed E-state index contributed by atoms with van der Waals surface area (Å²) >= 11 is 0. The average Bonchev–Trinajstić information content (AvgIpc) is 3.24. The van der Waals surface area contributed by atoms with E-state index < -0.39 is 18.0 Å². The van der Waals surface area contributed by atoms with Crippen molar-refractivity contribution < 1.29 is 26.7 Å². The molecule has 10 heteroatoms. The number of aromatic nitrogens is 4. The zero-order valence-corrected chi connectivity index (χ0v) is 17.8. The van der Waals surface area contributed by atoms with Crippen molar-refractivity contribution >= 4 is 0 Å². The second kappa shape index (κ2) is 8.79. The maximum atomic E-state index is 14.1. The molecule has 5 nitrogen and oxygen atoms in total. The Hall–Kier alpha value is -4.34. The van der Waals surface area contributed by atoms with Crippen molar-refractivity contribution in [2.45, 2.75) is 12.9 Å². The first-order valence-electron chi connectivity index (χ1n) is 10.3. The number of benzene rings is 3. The van der Waals surface area contributed by atoms with Gasteiger partial charge in [-0.2, -0.15) is 5.10 Å². The molecule has 5 rings (SSSR count). The smallest absolute Gasteiger partial charge is 0.406 e. The third kappa shape index (κ3) is 4.96. The summed E-state index contributed by atoms with van der Waals surface area (Å²) in [6.07, 6.45) is -1.57. The summed E-state index contributed by atoms with van der Waals surface area (Å²) in [5.41, 5.74) is 3.39. The number of fused-ring (bicyclic) bond motifs is 1. The van der Waals surface area contributed by atoms with Crippen molar-refractivity contribution in [3.8, 4) is 39.7 Å². The van der Waals surface area contributed by atoms with Gasteiger partial charge in [-0.05, 0) is 41.0 Å². The first-order chi connectivity index (χ1) is 16.7. The van der Waals surface area contributed by atoms with Gasteiger partial charge in [0.2, 0.25) is 0 Å². The molecule has 35 heavy (non-hydrogen) atoms. The van der Waals surface area contributed by atoms with E-state index in [-0.39, 0.29) is 17.1 Å². The number of nitrogens with zero attached hydrogens (tertiary/aromatic N) is 4. The molecule has 0 fully saturated rings. The Labute approximate surface area is 195 Å². The lowest BCUT2D eigenvalue weighted by molar-refractivity contribution is -0.274. The summed E-state index contributed by atoms with van der Waals surface area (Å²) in [7, 11) is 0. The van der Waals surface area contributed by atoms with Crippen LogP contribution in [0.5, 0.6) is 5.75 Å². The normalized spacial score (nSPS) is 11.7. The summed E-state index contributed by atoms with van der Waals surface area (Å²) in [6, 6.07) is 16.9. The van der Waals surface area contributed by atoms with E-state index in [9.17, 15) is 22.0 Å². The van der Waals surface area contributed by atoms with Gasteiger partial charge >= 0.3 is 6.36 Å². The van der Waals surface area contributed by atoms with Crippen LogP contribution in [-0.2, 0) is 6.54 Å². The standard InChI is InChI=1S/C25H15F5N4O/c26-20-3-1-2-19(23(20)27)24-32-21-12-31-34(14-22(21)33-24)13-15-4-6-16(7-5-15)17-8-10-18(11-9-17)35-25(28,29)30/h1-12,14H,13H2. The van der Waals surface area contributed by atoms with Crippen molar-refractivity contribution in [1.82, 2.24) is 19.7 Å². The second-order valence-corrected chi connectivity index (χ2v) is 7.66. The fourth-order valence-electron chi connectivity index (χ4n) is 3.58. The van der Waals surface area contributed by atoms with E-state index in [2.05, 4.69) is 19.8 Å². The Balaban J connectivity index is 1.32. The van der Waals surface area contributed by atoms with Crippen LogP contribution >= 0.6 is 0 Å². The molecule has 0 radical (unpaired) electrons. The van der Waals surface area contributed by atoms with Crippen LogP contribution in [0, 0.1) is 11.6 Å². The third-order valence-corrected chi connectivity index (χ3v) is 5.23. The van der Waals surface area contributed by atoms with Gasteiger partial charge in [0.25, 0.3) is 0 Å². The molecule has 2 aliphatic rings. The molecule has 0 amide bonds. The van der Waals surface area contributed by atoms with Crippen LogP contribution < -0.4 is 4.74 Å². The van der Waals surface area contributed by atoms with Gasteiger partial charge in [-0.25, -0.2) is 18.7 Å². The number of ether oxygens (including phenoxy) is 1.